The van der Waals surface area contributed by atoms with Crippen molar-refractivity contribution >= 4 is 33.7 Å². The van der Waals surface area contributed by atoms with Gasteiger partial charge in [0.15, 0.2) is 10.8 Å². The van der Waals surface area contributed by atoms with Gasteiger partial charge in [-0.05, 0) is 6.92 Å². The average molecular weight is 297 g/mol. The molecule has 1 fully saturated rings. The molecule has 108 valence electrons. The lowest BCUT2D eigenvalue weighted by Crippen LogP contribution is -2.48. The molecule has 8 heteroatoms. The van der Waals surface area contributed by atoms with Crippen molar-refractivity contribution < 1.29 is 14.5 Å². The van der Waals surface area contributed by atoms with E-state index in [-0.39, 0.29) is 17.4 Å². The summed E-state index contributed by atoms with van der Waals surface area (Å²) in [5, 5.41) is 11.6. The smallest absolute Gasteiger partial charge is 0.304 e. The molecule has 1 aliphatic rings. The number of hydrogen-bond acceptors (Lipinski definition) is 6. The fourth-order valence-corrected chi connectivity index (χ4v) is 3.20. The van der Waals surface area contributed by atoms with Gasteiger partial charge in [0.1, 0.15) is 0 Å². The van der Waals surface area contributed by atoms with Gasteiger partial charge in [-0.2, -0.15) is 0 Å². The number of anilines is 1. The number of carbonyl (C=O) groups is 2. The zero-order chi connectivity index (χ0) is 14.9. The van der Waals surface area contributed by atoms with Crippen molar-refractivity contribution in [2.75, 3.05) is 31.1 Å². The number of carbonyl (C=O) groups excluding carboxylic acids is 2. The van der Waals surface area contributed by atoms with Gasteiger partial charge in [-0.25, -0.2) is 0 Å². The second kappa shape index (κ2) is 5.58. The van der Waals surface area contributed by atoms with Crippen LogP contribution in [0.15, 0.2) is 6.07 Å². The summed E-state index contributed by atoms with van der Waals surface area (Å²) in [6, 6.07) is 1.33. The summed E-state index contributed by atoms with van der Waals surface area (Å²) in [7, 11) is 0. The van der Waals surface area contributed by atoms with E-state index in [1.807, 2.05) is 4.90 Å². The molecule has 0 N–H and O–H groups in total. The Balaban J connectivity index is 2.22. The predicted molar refractivity (Wildman–Crippen MR) is 75.4 cm³/mol. The Hall–Kier alpha value is -1.96. The van der Waals surface area contributed by atoms with E-state index in [0.717, 1.165) is 11.3 Å². The van der Waals surface area contributed by atoms with Crippen molar-refractivity contribution in [1.82, 2.24) is 4.90 Å². The SMILES string of the molecule is CC(=O)c1cc([N+](=O)[O-])c(N2CCN(C(C)=O)CC2)s1. The first kappa shape index (κ1) is 14.4. The Morgan fingerprint density at radius 3 is 2.30 bits per heavy atom. The number of nitro groups is 1. The number of hydrogen-bond donors (Lipinski definition) is 0. The summed E-state index contributed by atoms with van der Waals surface area (Å²) < 4.78 is 0. The van der Waals surface area contributed by atoms with Crippen LogP contribution in [0.1, 0.15) is 23.5 Å². The van der Waals surface area contributed by atoms with Crippen LogP contribution in [0, 0.1) is 10.1 Å². The van der Waals surface area contributed by atoms with Crippen LogP contribution >= 0.6 is 11.3 Å². The highest BCUT2D eigenvalue weighted by atomic mass is 32.1. The van der Waals surface area contributed by atoms with E-state index in [1.165, 1.54) is 19.9 Å². The topological polar surface area (TPSA) is 83.8 Å². The highest BCUT2D eigenvalue weighted by Crippen LogP contribution is 2.38. The minimum atomic E-state index is -0.463. The minimum absolute atomic E-state index is 0.00903. The van der Waals surface area contributed by atoms with Gasteiger partial charge in [-0.15, -0.1) is 11.3 Å². The van der Waals surface area contributed by atoms with Crippen molar-refractivity contribution in [3.63, 3.8) is 0 Å². The Morgan fingerprint density at radius 1 is 1.25 bits per heavy atom. The fourth-order valence-electron chi connectivity index (χ4n) is 2.13. The van der Waals surface area contributed by atoms with E-state index < -0.39 is 4.92 Å². The maximum atomic E-state index is 11.4. The van der Waals surface area contributed by atoms with E-state index in [9.17, 15) is 19.7 Å². The molecule has 2 heterocycles. The van der Waals surface area contributed by atoms with Gasteiger partial charge in [0.25, 0.3) is 0 Å². The molecule has 0 unspecified atom stereocenters. The molecular formula is C12H15N3O4S. The zero-order valence-electron chi connectivity index (χ0n) is 11.3. The van der Waals surface area contributed by atoms with E-state index in [2.05, 4.69) is 0 Å². The second-order valence-electron chi connectivity index (χ2n) is 4.61. The first-order chi connectivity index (χ1) is 9.40. The molecular weight excluding hydrogens is 282 g/mol. The van der Waals surface area contributed by atoms with Crippen LogP contribution in [0.2, 0.25) is 0 Å². The quantitative estimate of drug-likeness (QED) is 0.480. The number of ketones is 1. The third-order valence-corrected chi connectivity index (χ3v) is 4.54. The molecule has 1 amide bonds. The lowest BCUT2D eigenvalue weighted by Gasteiger charge is -2.34. The van der Waals surface area contributed by atoms with E-state index in [0.29, 0.717) is 36.1 Å². The molecule has 1 aromatic heterocycles. The van der Waals surface area contributed by atoms with Gasteiger partial charge in [0, 0.05) is 39.2 Å². The van der Waals surface area contributed by atoms with Gasteiger partial charge in [0.05, 0.1) is 9.80 Å². The molecule has 1 aliphatic heterocycles. The minimum Gasteiger partial charge on any atom is -0.354 e. The molecule has 0 bridgehead atoms. The fraction of sp³-hybridized carbons (Fsp3) is 0.500. The first-order valence-electron chi connectivity index (χ1n) is 6.19. The highest BCUT2D eigenvalue weighted by molar-refractivity contribution is 7.18. The van der Waals surface area contributed by atoms with Crippen LogP contribution in [-0.2, 0) is 4.79 Å². The molecule has 20 heavy (non-hydrogen) atoms. The molecule has 0 aromatic carbocycles. The van der Waals surface area contributed by atoms with Gasteiger partial charge in [0.2, 0.25) is 5.91 Å². The Morgan fingerprint density at radius 2 is 1.85 bits per heavy atom. The van der Waals surface area contributed by atoms with E-state index in [4.69, 9.17) is 0 Å². The Labute approximate surface area is 119 Å². The van der Waals surface area contributed by atoms with Gasteiger partial charge >= 0.3 is 5.69 Å². The van der Waals surface area contributed by atoms with Crippen molar-refractivity contribution in [1.29, 1.82) is 0 Å². The van der Waals surface area contributed by atoms with Crippen molar-refractivity contribution in [2.24, 2.45) is 0 Å². The number of Topliss-reactive ketones (excluding diaryl/α,β-unsaturated/α-hetero) is 1. The lowest BCUT2D eigenvalue weighted by molar-refractivity contribution is -0.383. The molecule has 7 nitrogen and oxygen atoms in total. The van der Waals surface area contributed by atoms with Gasteiger partial charge in [-0.1, -0.05) is 0 Å². The molecule has 1 saturated heterocycles. The lowest BCUT2D eigenvalue weighted by atomic mass is 10.3. The van der Waals surface area contributed by atoms with Crippen molar-refractivity contribution in [2.45, 2.75) is 13.8 Å². The molecule has 0 radical (unpaired) electrons. The first-order valence-corrected chi connectivity index (χ1v) is 7.01. The third-order valence-electron chi connectivity index (χ3n) is 3.25. The molecule has 0 spiro atoms. The standard InChI is InChI=1S/C12H15N3O4S/c1-8(16)11-7-10(15(18)19)12(20-11)14-5-3-13(4-6-14)9(2)17/h7H,3-6H2,1-2H3. The monoisotopic (exact) mass is 297 g/mol. The highest BCUT2D eigenvalue weighted by Gasteiger charge is 2.28. The van der Waals surface area contributed by atoms with Gasteiger partial charge in [-0.3, -0.25) is 19.7 Å². The molecule has 2 rings (SSSR count). The maximum absolute atomic E-state index is 11.4. The summed E-state index contributed by atoms with van der Waals surface area (Å²) >= 11 is 1.14. The van der Waals surface area contributed by atoms with Crippen LogP contribution in [0.3, 0.4) is 0 Å². The number of amides is 1. The summed E-state index contributed by atoms with van der Waals surface area (Å²) in [6.07, 6.45) is 0. The van der Waals surface area contributed by atoms with Crippen LogP contribution in [-0.4, -0.2) is 47.7 Å². The molecule has 0 saturated carbocycles. The van der Waals surface area contributed by atoms with Gasteiger partial charge < -0.3 is 9.80 Å². The summed E-state index contributed by atoms with van der Waals surface area (Å²) in [6.45, 7) is 5.07. The van der Waals surface area contributed by atoms with Crippen LogP contribution in [0.4, 0.5) is 10.7 Å². The van der Waals surface area contributed by atoms with Crippen LogP contribution < -0.4 is 4.90 Å². The van der Waals surface area contributed by atoms with Crippen molar-refractivity contribution in [3.05, 3.63) is 21.1 Å². The molecule has 0 aliphatic carbocycles. The van der Waals surface area contributed by atoms with E-state index in [1.54, 1.807) is 4.90 Å². The Kier molecular flexibility index (Phi) is 4.03. The predicted octanol–water partition coefficient (Wildman–Crippen LogP) is 1.53. The summed E-state index contributed by atoms with van der Waals surface area (Å²) in [4.78, 5) is 37.2. The maximum Gasteiger partial charge on any atom is 0.304 e. The Bertz CT molecular complexity index is 561. The average Bonchev–Trinajstić information content (AvgIpc) is 2.84. The second-order valence-corrected chi connectivity index (χ2v) is 5.64. The van der Waals surface area contributed by atoms with Crippen LogP contribution in [0.5, 0.6) is 0 Å². The molecule has 1 aromatic rings. The normalized spacial score (nSPS) is 15.3. The third kappa shape index (κ3) is 2.79. The van der Waals surface area contributed by atoms with E-state index >= 15 is 0 Å². The number of thiophene rings is 1. The zero-order valence-corrected chi connectivity index (χ0v) is 12.1. The number of rotatable bonds is 3. The largest absolute Gasteiger partial charge is 0.354 e. The summed E-state index contributed by atoms with van der Waals surface area (Å²) in [5.41, 5.74) is -0.0310. The van der Waals surface area contributed by atoms with Crippen molar-refractivity contribution in [3.8, 4) is 0 Å². The molecule has 0 atom stereocenters. The van der Waals surface area contributed by atoms with Crippen LogP contribution in [0.25, 0.3) is 0 Å². The number of nitrogens with zero attached hydrogens (tertiary/aromatic N) is 3. The number of piperazine rings is 1. The summed E-state index contributed by atoms with van der Waals surface area (Å²) in [5.74, 6) is -0.165.